The molecule has 0 aliphatic carbocycles. The van der Waals surface area contributed by atoms with Crippen molar-refractivity contribution in [1.82, 2.24) is 10.2 Å². The van der Waals surface area contributed by atoms with Crippen LogP contribution in [-0.4, -0.2) is 31.1 Å². The van der Waals surface area contributed by atoms with E-state index in [0.717, 1.165) is 31.7 Å². The van der Waals surface area contributed by atoms with Crippen molar-refractivity contribution in [3.05, 3.63) is 27.7 Å². The third-order valence-corrected chi connectivity index (χ3v) is 4.00. The Morgan fingerprint density at radius 1 is 1.21 bits per heavy atom. The van der Waals surface area contributed by atoms with Gasteiger partial charge in [-0.15, -0.1) is 0 Å². The molecule has 0 amide bonds. The normalized spacial score (nSPS) is 12.9. The Morgan fingerprint density at radius 3 is 2.21 bits per heavy atom. The third kappa shape index (κ3) is 4.84. The van der Waals surface area contributed by atoms with E-state index < -0.39 is 0 Å². The summed E-state index contributed by atoms with van der Waals surface area (Å²) in [6, 6.07) is 3.95. The van der Waals surface area contributed by atoms with Gasteiger partial charge in [0, 0.05) is 19.1 Å². The summed E-state index contributed by atoms with van der Waals surface area (Å²) in [5.74, 6) is 0. The Bertz CT molecular complexity index is 383. The van der Waals surface area contributed by atoms with Gasteiger partial charge in [-0.1, -0.05) is 37.0 Å². The summed E-state index contributed by atoms with van der Waals surface area (Å²) in [6.07, 6.45) is 0. The first-order valence-electron chi connectivity index (χ1n) is 6.69. The fourth-order valence-electron chi connectivity index (χ4n) is 1.95. The molecule has 0 saturated carbocycles. The van der Waals surface area contributed by atoms with E-state index in [1.807, 2.05) is 12.1 Å². The third-order valence-electron chi connectivity index (χ3n) is 3.37. The first-order chi connectivity index (χ1) is 8.99. The predicted molar refractivity (Wildman–Crippen MR) is 85.1 cm³/mol. The molecule has 0 aliphatic heterocycles. The van der Waals surface area contributed by atoms with Gasteiger partial charge in [-0.05, 0) is 37.7 Å². The molecule has 0 aliphatic rings. The highest BCUT2D eigenvalue weighted by Gasteiger charge is 2.10. The lowest BCUT2D eigenvalue weighted by molar-refractivity contribution is 0.298. The summed E-state index contributed by atoms with van der Waals surface area (Å²) < 4.78 is 0. The van der Waals surface area contributed by atoms with Crippen LogP contribution in [-0.2, 0) is 0 Å². The molecule has 1 aromatic rings. The van der Waals surface area contributed by atoms with Crippen molar-refractivity contribution in [2.45, 2.75) is 26.8 Å². The first kappa shape index (κ1) is 16.6. The molecule has 108 valence electrons. The predicted octanol–water partition coefficient (Wildman–Crippen LogP) is 3.57. The number of rotatable bonds is 7. The number of nitrogen functional groups attached to an aromatic ring is 1. The van der Waals surface area contributed by atoms with E-state index in [2.05, 4.69) is 31.0 Å². The molecule has 0 fully saturated rings. The molecule has 0 unspecified atom stereocenters. The fourth-order valence-corrected chi connectivity index (χ4v) is 2.45. The number of anilines is 1. The van der Waals surface area contributed by atoms with E-state index in [9.17, 15) is 0 Å². The lowest BCUT2D eigenvalue weighted by Gasteiger charge is -2.21. The van der Waals surface area contributed by atoms with Crippen LogP contribution in [0, 0.1) is 0 Å². The Labute approximate surface area is 126 Å². The number of halogens is 2. The molecule has 19 heavy (non-hydrogen) atoms. The van der Waals surface area contributed by atoms with Crippen LogP contribution in [0.2, 0.25) is 10.0 Å². The van der Waals surface area contributed by atoms with Crippen molar-refractivity contribution in [3.8, 4) is 0 Å². The van der Waals surface area contributed by atoms with E-state index >= 15 is 0 Å². The van der Waals surface area contributed by atoms with Crippen LogP contribution >= 0.6 is 23.2 Å². The summed E-state index contributed by atoms with van der Waals surface area (Å²) >= 11 is 12.1. The number of hydrogen-bond donors (Lipinski definition) is 2. The smallest absolute Gasteiger partial charge is 0.0693 e. The number of nitrogens with two attached hydrogens (primary N) is 1. The summed E-state index contributed by atoms with van der Waals surface area (Å²) in [5.41, 5.74) is 7.24. The van der Waals surface area contributed by atoms with Crippen LogP contribution in [0.15, 0.2) is 12.1 Å². The maximum Gasteiger partial charge on any atom is 0.0693 e. The van der Waals surface area contributed by atoms with Gasteiger partial charge in [0.25, 0.3) is 0 Å². The van der Waals surface area contributed by atoms with Crippen molar-refractivity contribution in [2.24, 2.45) is 0 Å². The summed E-state index contributed by atoms with van der Waals surface area (Å²) in [6.45, 7) is 10.6. The largest absolute Gasteiger partial charge is 0.396 e. The molecule has 1 aromatic carbocycles. The molecule has 1 rings (SSSR count). The van der Waals surface area contributed by atoms with Crippen LogP contribution in [0.4, 0.5) is 5.69 Å². The zero-order chi connectivity index (χ0) is 14.4. The average molecular weight is 304 g/mol. The van der Waals surface area contributed by atoms with Gasteiger partial charge in [-0.2, -0.15) is 0 Å². The molecule has 0 bridgehead atoms. The molecule has 0 radical (unpaired) electrons. The highest BCUT2D eigenvalue weighted by atomic mass is 35.5. The van der Waals surface area contributed by atoms with E-state index in [1.165, 1.54) is 0 Å². The zero-order valence-electron chi connectivity index (χ0n) is 11.8. The van der Waals surface area contributed by atoms with Gasteiger partial charge in [0.2, 0.25) is 0 Å². The van der Waals surface area contributed by atoms with E-state index in [1.54, 1.807) is 0 Å². The molecular formula is C14H23Cl2N3. The molecule has 3 nitrogen and oxygen atoms in total. The van der Waals surface area contributed by atoms with Crippen molar-refractivity contribution in [2.75, 3.05) is 31.9 Å². The monoisotopic (exact) mass is 303 g/mol. The van der Waals surface area contributed by atoms with Gasteiger partial charge in [-0.3, -0.25) is 0 Å². The van der Waals surface area contributed by atoms with Crippen molar-refractivity contribution < 1.29 is 0 Å². The average Bonchev–Trinajstić information content (AvgIpc) is 2.40. The van der Waals surface area contributed by atoms with Crippen LogP contribution in [0.3, 0.4) is 0 Å². The standard InChI is InChI=1S/C14H23Cl2N3/c1-4-19(5-2)7-6-18-10(3)11-8-12(15)14(17)13(16)9-11/h8-10,18H,4-7,17H2,1-3H3/t10-/m0/s1. The van der Waals surface area contributed by atoms with Gasteiger partial charge < -0.3 is 16.0 Å². The molecule has 5 heteroatoms. The Balaban J connectivity index is 2.56. The van der Waals surface area contributed by atoms with Gasteiger partial charge in [0.05, 0.1) is 15.7 Å². The summed E-state index contributed by atoms with van der Waals surface area (Å²) in [4.78, 5) is 2.38. The molecule has 1 atom stereocenters. The number of nitrogens with zero attached hydrogens (tertiary/aromatic N) is 1. The minimum absolute atomic E-state index is 0.200. The number of hydrogen-bond acceptors (Lipinski definition) is 3. The SMILES string of the molecule is CCN(CC)CCN[C@@H](C)c1cc(Cl)c(N)c(Cl)c1. The molecule has 0 saturated heterocycles. The lowest BCUT2D eigenvalue weighted by Crippen LogP contribution is -2.33. The van der Waals surface area contributed by atoms with Gasteiger partial charge in [0.1, 0.15) is 0 Å². The molecular weight excluding hydrogens is 281 g/mol. The van der Waals surface area contributed by atoms with Crippen LogP contribution in [0.1, 0.15) is 32.4 Å². The van der Waals surface area contributed by atoms with Crippen LogP contribution in [0.25, 0.3) is 0 Å². The minimum Gasteiger partial charge on any atom is -0.396 e. The lowest BCUT2D eigenvalue weighted by atomic mass is 10.1. The van der Waals surface area contributed by atoms with E-state index in [4.69, 9.17) is 28.9 Å². The Morgan fingerprint density at radius 2 is 1.74 bits per heavy atom. The number of likely N-dealkylation sites (N-methyl/N-ethyl adjacent to an activating group) is 1. The Kier molecular flexibility index (Phi) is 6.94. The second-order valence-corrected chi connectivity index (χ2v) is 5.42. The topological polar surface area (TPSA) is 41.3 Å². The number of nitrogens with one attached hydrogen (secondary N) is 1. The summed E-state index contributed by atoms with van der Waals surface area (Å²) in [5, 5.41) is 4.50. The van der Waals surface area contributed by atoms with Crippen molar-refractivity contribution in [1.29, 1.82) is 0 Å². The van der Waals surface area contributed by atoms with Gasteiger partial charge >= 0.3 is 0 Å². The van der Waals surface area contributed by atoms with Gasteiger partial charge in [0.15, 0.2) is 0 Å². The fraction of sp³-hybridized carbons (Fsp3) is 0.571. The molecule has 0 heterocycles. The summed E-state index contributed by atoms with van der Waals surface area (Å²) in [7, 11) is 0. The highest BCUT2D eigenvalue weighted by molar-refractivity contribution is 6.38. The van der Waals surface area contributed by atoms with E-state index in [-0.39, 0.29) is 6.04 Å². The Hall–Kier alpha value is -0.480. The van der Waals surface area contributed by atoms with Crippen molar-refractivity contribution in [3.63, 3.8) is 0 Å². The van der Waals surface area contributed by atoms with E-state index in [0.29, 0.717) is 15.7 Å². The van der Waals surface area contributed by atoms with Gasteiger partial charge in [-0.25, -0.2) is 0 Å². The van der Waals surface area contributed by atoms with Crippen LogP contribution < -0.4 is 11.1 Å². The second-order valence-electron chi connectivity index (χ2n) is 4.60. The second kappa shape index (κ2) is 7.95. The highest BCUT2D eigenvalue weighted by Crippen LogP contribution is 2.31. The quantitative estimate of drug-likeness (QED) is 0.757. The number of benzene rings is 1. The maximum absolute atomic E-state index is 6.05. The van der Waals surface area contributed by atoms with Crippen LogP contribution in [0.5, 0.6) is 0 Å². The molecule has 3 N–H and O–H groups in total. The molecule has 0 aromatic heterocycles. The van der Waals surface area contributed by atoms with Crippen molar-refractivity contribution >= 4 is 28.9 Å². The maximum atomic E-state index is 6.05. The zero-order valence-corrected chi connectivity index (χ0v) is 13.4. The first-order valence-corrected chi connectivity index (χ1v) is 7.45. The minimum atomic E-state index is 0.200. The molecule has 0 spiro atoms.